The molecule has 1 amide bonds. The van der Waals surface area contributed by atoms with Crippen LogP contribution in [0, 0.1) is 0 Å². The molecule has 0 fully saturated rings. The van der Waals surface area contributed by atoms with E-state index in [9.17, 15) is 18.0 Å². The molecule has 0 bridgehead atoms. The molecule has 0 aromatic heterocycles. The van der Waals surface area contributed by atoms with Crippen LogP contribution in [0.2, 0.25) is 5.02 Å². The van der Waals surface area contributed by atoms with Gasteiger partial charge < -0.3 is 10.2 Å². The van der Waals surface area contributed by atoms with Crippen LogP contribution in [0.25, 0.3) is 0 Å². The third-order valence-corrected chi connectivity index (χ3v) is 4.00. The molecule has 0 aliphatic heterocycles. The predicted molar refractivity (Wildman–Crippen MR) is 94.0 cm³/mol. The molecule has 0 spiro atoms. The molecule has 1 N–H and O–H groups in total. The highest BCUT2D eigenvalue weighted by Crippen LogP contribution is 2.36. The molecule has 134 valence electrons. The fourth-order valence-electron chi connectivity index (χ4n) is 2.39. The number of carbonyl (C=O) groups is 1. The molecule has 0 atom stereocenters. The quantitative estimate of drug-likeness (QED) is 0.756. The van der Waals surface area contributed by atoms with Crippen LogP contribution >= 0.6 is 11.6 Å². The minimum absolute atomic E-state index is 0.0736. The van der Waals surface area contributed by atoms with Gasteiger partial charge in [0.05, 0.1) is 10.6 Å². The number of anilines is 2. The zero-order valence-corrected chi connectivity index (χ0v) is 14.4. The van der Waals surface area contributed by atoms with E-state index in [1.54, 1.807) is 0 Å². The third kappa shape index (κ3) is 5.39. The SMILES string of the molecule is CCN(CCC(=O)Nc1ccc(Cl)c(C(F)(F)F)c1)c1ccccc1. The summed E-state index contributed by atoms with van der Waals surface area (Å²) in [7, 11) is 0. The van der Waals surface area contributed by atoms with E-state index in [0.29, 0.717) is 6.54 Å². The number of carbonyl (C=O) groups excluding carboxylic acids is 1. The van der Waals surface area contributed by atoms with E-state index < -0.39 is 16.8 Å². The van der Waals surface area contributed by atoms with Gasteiger partial charge in [-0.25, -0.2) is 0 Å². The van der Waals surface area contributed by atoms with E-state index in [2.05, 4.69) is 5.32 Å². The monoisotopic (exact) mass is 370 g/mol. The van der Waals surface area contributed by atoms with Crippen LogP contribution in [0.5, 0.6) is 0 Å². The molecule has 0 radical (unpaired) electrons. The van der Waals surface area contributed by atoms with Gasteiger partial charge in [-0.05, 0) is 37.3 Å². The van der Waals surface area contributed by atoms with Gasteiger partial charge in [0.15, 0.2) is 0 Å². The van der Waals surface area contributed by atoms with Gasteiger partial charge in [-0.1, -0.05) is 29.8 Å². The minimum Gasteiger partial charge on any atom is -0.371 e. The molecular weight excluding hydrogens is 353 g/mol. The molecule has 3 nitrogen and oxygen atoms in total. The Balaban J connectivity index is 1.98. The molecule has 0 aliphatic carbocycles. The smallest absolute Gasteiger partial charge is 0.371 e. The standard InChI is InChI=1S/C18H18ClF3N2O/c1-2-24(14-6-4-3-5-7-14)11-10-17(25)23-13-8-9-16(19)15(12-13)18(20,21)22/h3-9,12H,2,10-11H2,1H3,(H,23,25). The van der Waals surface area contributed by atoms with Gasteiger partial charge in [-0.15, -0.1) is 0 Å². The second-order valence-corrected chi connectivity index (χ2v) is 5.81. The molecule has 2 aromatic carbocycles. The number of rotatable bonds is 6. The minimum atomic E-state index is -4.57. The first-order valence-corrected chi connectivity index (χ1v) is 8.15. The van der Waals surface area contributed by atoms with Gasteiger partial charge in [-0.2, -0.15) is 13.2 Å². The first kappa shape index (κ1) is 19.1. The maximum atomic E-state index is 12.8. The Labute approximate surface area is 149 Å². The maximum absolute atomic E-state index is 12.8. The maximum Gasteiger partial charge on any atom is 0.417 e. The van der Waals surface area contributed by atoms with Crippen molar-refractivity contribution >= 4 is 28.9 Å². The van der Waals surface area contributed by atoms with Crippen molar-refractivity contribution in [2.75, 3.05) is 23.3 Å². The first-order valence-electron chi connectivity index (χ1n) is 7.78. The number of benzene rings is 2. The van der Waals surface area contributed by atoms with Crippen LogP contribution in [0.15, 0.2) is 48.5 Å². The number of hydrogen-bond acceptors (Lipinski definition) is 2. The van der Waals surface area contributed by atoms with E-state index in [-0.39, 0.29) is 18.0 Å². The van der Waals surface area contributed by atoms with E-state index in [1.807, 2.05) is 42.2 Å². The zero-order chi connectivity index (χ0) is 18.4. The summed E-state index contributed by atoms with van der Waals surface area (Å²) < 4.78 is 38.5. The van der Waals surface area contributed by atoms with Crippen LogP contribution in [0.3, 0.4) is 0 Å². The van der Waals surface area contributed by atoms with Gasteiger partial charge in [0.25, 0.3) is 0 Å². The lowest BCUT2D eigenvalue weighted by Gasteiger charge is -2.22. The Kier molecular flexibility index (Phi) is 6.31. The number of alkyl halides is 3. The van der Waals surface area contributed by atoms with E-state index in [1.165, 1.54) is 6.07 Å². The fraction of sp³-hybridized carbons (Fsp3) is 0.278. The molecule has 0 heterocycles. The van der Waals surface area contributed by atoms with Crippen LogP contribution in [-0.2, 0) is 11.0 Å². The van der Waals surface area contributed by atoms with Gasteiger partial charge in [0.2, 0.25) is 5.91 Å². The second-order valence-electron chi connectivity index (χ2n) is 5.41. The summed E-state index contributed by atoms with van der Waals surface area (Å²) in [4.78, 5) is 14.1. The highest BCUT2D eigenvalue weighted by atomic mass is 35.5. The summed E-state index contributed by atoms with van der Waals surface area (Å²) in [5.41, 5.74) is 0.0968. The first-order chi connectivity index (χ1) is 11.8. The van der Waals surface area contributed by atoms with Crippen LogP contribution in [-0.4, -0.2) is 19.0 Å². The van der Waals surface area contributed by atoms with Gasteiger partial charge in [-0.3, -0.25) is 4.79 Å². The average molecular weight is 371 g/mol. The van der Waals surface area contributed by atoms with Gasteiger partial charge in [0, 0.05) is 30.9 Å². The van der Waals surface area contributed by atoms with Crippen molar-refractivity contribution in [2.24, 2.45) is 0 Å². The highest BCUT2D eigenvalue weighted by Gasteiger charge is 2.33. The third-order valence-electron chi connectivity index (χ3n) is 3.67. The molecule has 0 saturated heterocycles. The Morgan fingerprint density at radius 2 is 1.84 bits per heavy atom. The van der Waals surface area contributed by atoms with Gasteiger partial charge >= 0.3 is 6.18 Å². The van der Waals surface area contributed by atoms with Crippen LogP contribution in [0.4, 0.5) is 24.5 Å². The normalized spacial score (nSPS) is 11.2. The van der Waals surface area contributed by atoms with Crippen molar-refractivity contribution in [1.82, 2.24) is 0 Å². The summed E-state index contributed by atoms with van der Waals surface area (Å²) in [6, 6.07) is 12.9. The summed E-state index contributed by atoms with van der Waals surface area (Å²) >= 11 is 5.57. The number of nitrogens with zero attached hydrogens (tertiary/aromatic N) is 1. The number of amides is 1. The Hall–Kier alpha value is -2.21. The Morgan fingerprint density at radius 3 is 2.44 bits per heavy atom. The van der Waals surface area contributed by atoms with Crippen molar-refractivity contribution in [3.8, 4) is 0 Å². The summed E-state index contributed by atoms with van der Waals surface area (Å²) in [5.74, 6) is -0.357. The lowest BCUT2D eigenvalue weighted by molar-refractivity contribution is -0.137. The average Bonchev–Trinajstić information content (AvgIpc) is 2.57. The van der Waals surface area contributed by atoms with E-state index >= 15 is 0 Å². The topological polar surface area (TPSA) is 32.3 Å². The molecule has 0 saturated carbocycles. The lowest BCUT2D eigenvalue weighted by Crippen LogP contribution is -2.27. The van der Waals surface area contributed by atoms with Crippen molar-refractivity contribution in [3.05, 3.63) is 59.1 Å². The summed E-state index contributed by atoms with van der Waals surface area (Å²) in [6.07, 6.45) is -4.41. The van der Waals surface area contributed by atoms with Crippen molar-refractivity contribution in [2.45, 2.75) is 19.5 Å². The molecule has 0 unspecified atom stereocenters. The Morgan fingerprint density at radius 1 is 1.16 bits per heavy atom. The van der Waals surface area contributed by atoms with Crippen molar-refractivity contribution < 1.29 is 18.0 Å². The molecule has 25 heavy (non-hydrogen) atoms. The fourth-order valence-corrected chi connectivity index (χ4v) is 2.61. The molecule has 2 aromatic rings. The molecule has 0 aliphatic rings. The van der Waals surface area contributed by atoms with E-state index in [4.69, 9.17) is 11.6 Å². The largest absolute Gasteiger partial charge is 0.417 e. The van der Waals surface area contributed by atoms with Crippen LogP contribution in [0.1, 0.15) is 18.9 Å². The molecular formula is C18H18ClF3N2O. The predicted octanol–water partition coefficient (Wildman–Crippen LogP) is 5.21. The number of para-hydroxylation sites is 1. The zero-order valence-electron chi connectivity index (χ0n) is 13.6. The second kappa shape index (κ2) is 8.25. The van der Waals surface area contributed by atoms with Gasteiger partial charge in [0.1, 0.15) is 0 Å². The number of halogens is 4. The number of hydrogen-bond donors (Lipinski definition) is 1. The number of nitrogens with one attached hydrogen (secondary N) is 1. The molecule has 2 rings (SSSR count). The molecule has 7 heteroatoms. The Bertz CT molecular complexity index is 720. The van der Waals surface area contributed by atoms with Crippen molar-refractivity contribution in [3.63, 3.8) is 0 Å². The summed E-state index contributed by atoms with van der Waals surface area (Å²) in [5, 5.41) is 2.09. The van der Waals surface area contributed by atoms with Crippen molar-refractivity contribution in [1.29, 1.82) is 0 Å². The van der Waals surface area contributed by atoms with E-state index in [0.717, 1.165) is 24.4 Å². The van der Waals surface area contributed by atoms with Crippen LogP contribution < -0.4 is 10.2 Å². The lowest BCUT2D eigenvalue weighted by atomic mass is 10.2. The summed E-state index contributed by atoms with van der Waals surface area (Å²) in [6.45, 7) is 3.15. The highest BCUT2D eigenvalue weighted by molar-refractivity contribution is 6.31.